The summed E-state index contributed by atoms with van der Waals surface area (Å²) in [7, 11) is 3.10. The Morgan fingerprint density at radius 1 is 0.959 bits per heavy atom. The molecule has 0 radical (unpaired) electrons. The monoisotopic (exact) mass is 799 g/mol. The van der Waals surface area contributed by atoms with Crippen molar-refractivity contribution in [2.24, 2.45) is 0 Å². The number of amides is 1. The molecular formula is C35H29BrCl3N5O4S. The minimum absolute atomic E-state index is 0.102. The zero-order valence-corrected chi connectivity index (χ0v) is 31.1. The number of carbonyl (C=O) groups excluding carboxylic acids is 1. The summed E-state index contributed by atoms with van der Waals surface area (Å²) in [4.78, 5) is 19.0. The lowest BCUT2D eigenvalue weighted by atomic mass is 9.94. The molecule has 0 bridgehead atoms. The predicted octanol–water partition coefficient (Wildman–Crippen LogP) is 9.82. The van der Waals surface area contributed by atoms with Gasteiger partial charge in [0.2, 0.25) is 11.1 Å². The molecule has 2 heterocycles. The second-order valence-electron chi connectivity index (χ2n) is 10.8. The molecule has 0 aliphatic carbocycles. The Kier molecular flexibility index (Phi) is 11.0. The van der Waals surface area contributed by atoms with Gasteiger partial charge in [-0.1, -0.05) is 83.0 Å². The number of fused-ring (bicyclic) bond motifs is 1. The maximum Gasteiger partial charge on any atom is 0.255 e. The van der Waals surface area contributed by atoms with Crippen molar-refractivity contribution in [3.8, 4) is 17.2 Å². The molecule has 1 unspecified atom stereocenters. The van der Waals surface area contributed by atoms with Crippen molar-refractivity contribution in [1.82, 2.24) is 14.8 Å². The summed E-state index contributed by atoms with van der Waals surface area (Å²) in [6.07, 6.45) is 0. The van der Waals surface area contributed by atoms with Gasteiger partial charge in [-0.2, -0.15) is 4.98 Å². The summed E-state index contributed by atoms with van der Waals surface area (Å²) >= 11 is 24.3. The Morgan fingerprint density at radius 3 is 2.39 bits per heavy atom. The number of rotatable bonds is 11. The predicted molar refractivity (Wildman–Crippen MR) is 199 cm³/mol. The number of aromatic nitrogens is 3. The highest BCUT2D eigenvalue weighted by molar-refractivity contribution is 9.10. The number of halogens is 4. The molecule has 14 heteroatoms. The van der Waals surface area contributed by atoms with E-state index in [-0.39, 0.29) is 12.5 Å². The lowest BCUT2D eigenvalue weighted by Crippen LogP contribution is -2.31. The average Bonchev–Trinajstić information content (AvgIpc) is 3.49. The van der Waals surface area contributed by atoms with E-state index in [1.807, 2.05) is 55.5 Å². The van der Waals surface area contributed by atoms with Crippen LogP contribution in [-0.4, -0.2) is 34.9 Å². The van der Waals surface area contributed by atoms with E-state index in [0.717, 1.165) is 5.56 Å². The molecule has 0 saturated carbocycles. The van der Waals surface area contributed by atoms with E-state index in [4.69, 9.17) is 59.1 Å². The first-order chi connectivity index (χ1) is 23.7. The van der Waals surface area contributed by atoms with Crippen LogP contribution < -0.4 is 24.8 Å². The Balaban J connectivity index is 1.39. The molecule has 1 aliphatic rings. The Morgan fingerprint density at radius 2 is 1.65 bits per heavy atom. The van der Waals surface area contributed by atoms with Crippen LogP contribution in [0, 0.1) is 0 Å². The van der Waals surface area contributed by atoms with E-state index in [2.05, 4.69) is 26.6 Å². The standard InChI is InChI=1S/C35H29BrCl3N5O4S/c1-19-30(33(45)41-27-13-6-7-14-28(27)46-2)31(44-34(40-19)42-35(43-44)49-18-20-9-4-5-10-24(20)37)21-15-23(36)32(29(16-21)47-3)48-17-22-25(38)11-8-12-26(22)39/h4-16,31H,17-18H2,1-3H3,(H,41,45)(H,40,42,43). The van der Waals surface area contributed by atoms with Crippen molar-refractivity contribution >= 4 is 80.0 Å². The first-order valence-electron chi connectivity index (χ1n) is 14.9. The van der Waals surface area contributed by atoms with Crippen LogP contribution in [0.4, 0.5) is 11.6 Å². The number of anilines is 2. The molecule has 9 nitrogen and oxygen atoms in total. The normalized spacial score (nSPS) is 13.8. The zero-order chi connectivity index (χ0) is 34.7. The first-order valence-corrected chi connectivity index (χ1v) is 17.8. The highest BCUT2D eigenvalue weighted by atomic mass is 79.9. The molecule has 1 atom stereocenters. The van der Waals surface area contributed by atoms with Crippen LogP contribution in [0.3, 0.4) is 0 Å². The van der Waals surface area contributed by atoms with Crippen LogP contribution in [0.5, 0.6) is 17.2 Å². The molecular weight excluding hydrogens is 773 g/mol. The van der Waals surface area contributed by atoms with Gasteiger partial charge in [-0.3, -0.25) is 4.79 Å². The van der Waals surface area contributed by atoms with Crippen LogP contribution in [-0.2, 0) is 17.2 Å². The topological polar surface area (TPSA) is 99.5 Å². The van der Waals surface area contributed by atoms with Crippen molar-refractivity contribution in [3.63, 3.8) is 0 Å². The molecule has 1 aliphatic heterocycles. The fourth-order valence-electron chi connectivity index (χ4n) is 5.34. The van der Waals surface area contributed by atoms with E-state index >= 15 is 0 Å². The number of para-hydroxylation sites is 2. The van der Waals surface area contributed by atoms with Gasteiger partial charge in [-0.15, -0.1) is 5.10 Å². The molecule has 2 N–H and O–H groups in total. The number of benzene rings is 4. The smallest absolute Gasteiger partial charge is 0.255 e. The van der Waals surface area contributed by atoms with Crippen LogP contribution in [0.15, 0.2) is 99.8 Å². The molecule has 252 valence electrons. The number of nitrogens with one attached hydrogen (secondary N) is 2. The van der Waals surface area contributed by atoms with Gasteiger partial charge in [0.05, 0.1) is 30.0 Å². The maximum absolute atomic E-state index is 14.2. The highest BCUT2D eigenvalue weighted by Crippen LogP contribution is 2.44. The minimum Gasteiger partial charge on any atom is -0.495 e. The van der Waals surface area contributed by atoms with Crippen molar-refractivity contribution in [1.29, 1.82) is 0 Å². The number of thioether (sulfide) groups is 1. The van der Waals surface area contributed by atoms with E-state index in [1.54, 1.807) is 49.2 Å². The maximum atomic E-state index is 14.2. The molecule has 0 spiro atoms. The van der Waals surface area contributed by atoms with Gasteiger partial charge in [0.15, 0.2) is 11.5 Å². The SMILES string of the molecule is COc1ccccc1NC(=O)C1=C(C)Nc2nc(SCc3ccccc3Cl)nn2C1c1cc(Br)c(OCc2c(Cl)cccc2Cl)c(OC)c1. The van der Waals surface area contributed by atoms with Crippen molar-refractivity contribution in [3.05, 3.63) is 126 Å². The third-order valence-electron chi connectivity index (χ3n) is 7.74. The molecule has 4 aromatic carbocycles. The molecule has 0 fully saturated rings. The lowest BCUT2D eigenvalue weighted by molar-refractivity contribution is -0.113. The van der Waals surface area contributed by atoms with Gasteiger partial charge in [-0.25, -0.2) is 4.68 Å². The Bertz CT molecular complexity index is 2060. The number of carbonyl (C=O) groups is 1. The van der Waals surface area contributed by atoms with Gasteiger partial charge < -0.3 is 24.8 Å². The molecule has 1 aromatic heterocycles. The van der Waals surface area contributed by atoms with Gasteiger partial charge in [0.1, 0.15) is 18.4 Å². The van der Waals surface area contributed by atoms with Crippen LogP contribution in [0.2, 0.25) is 15.1 Å². The number of nitrogens with zero attached hydrogens (tertiary/aromatic N) is 3. The van der Waals surface area contributed by atoms with Crippen LogP contribution in [0.1, 0.15) is 29.7 Å². The number of allylic oxidation sites excluding steroid dienone is 1. The fourth-order valence-corrected chi connectivity index (χ4v) is 7.54. The lowest BCUT2D eigenvalue weighted by Gasteiger charge is -2.29. The van der Waals surface area contributed by atoms with E-state index in [9.17, 15) is 4.79 Å². The summed E-state index contributed by atoms with van der Waals surface area (Å²) in [5.41, 5.74) is 3.83. The van der Waals surface area contributed by atoms with Crippen molar-refractivity contribution < 1.29 is 19.0 Å². The van der Waals surface area contributed by atoms with Crippen LogP contribution >= 0.6 is 62.5 Å². The number of ether oxygens (including phenoxy) is 3. The van der Waals surface area contributed by atoms with Gasteiger partial charge in [0, 0.05) is 32.1 Å². The van der Waals surface area contributed by atoms with Crippen LogP contribution in [0.25, 0.3) is 0 Å². The fraction of sp³-hybridized carbons (Fsp3) is 0.171. The zero-order valence-electron chi connectivity index (χ0n) is 26.4. The summed E-state index contributed by atoms with van der Waals surface area (Å²) in [6, 6.07) is 23.1. The molecule has 0 saturated heterocycles. The van der Waals surface area contributed by atoms with E-state index in [1.165, 1.54) is 11.8 Å². The van der Waals surface area contributed by atoms with Crippen molar-refractivity contribution in [2.45, 2.75) is 30.5 Å². The summed E-state index contributed by atoms with van der Waals surface area (Å²) in [5, 5.41) is 13.3. The number of hydrogen-bond donors (Lipinski definition) is 2. The number of methoxy groups -OCH3 is 2. The van der Waals surface area contributed by atoms with E-state index in [0.29, 0.717) is 81.7 Å². The average molecular weight is 802 g/mol. The molecule has 6 rings (SSSR count). The molecule has 49 heavy (non-hydrogen) atoms. The van der Waals surface area contributed by atoms with Gasteiger partial charge in [-0.05, 0) is 76.4 Å². The second-order valence-corrected chi connectivity index (χ2v) is 13.8. The Hall–Kier alpha value is -3.87. The first kappa shape index (κ1) is 35.0. The third-order valence-corrected chi connectivity index (χ3v) is 10.3. The Labute approximate surface area is 311 Å². The quantitative estimate of drug-likeness (QED) is 0.128. The molecule has 5 aromatic rings. The summed E-state index contributed by atoms with van der Waals surface area (Å²) < 4.78 is 19.8. The second kappa shape index (κ2) is 15.3. The third kappa shape index (κ3) is 7.51. The summed E-state index contributed by atoms with van der Waals surface area (Å²) in [5.74, 6) is 2.06. The van der Waals surface area contributed by atoms with Crippen molar-refractivity contribution in [2.75, 3.05) is 24.9 Å². The highest BCUT2D eigenvalue weighted by Gasteiger charge is 2.36. The number of hydrogen-bond acceptors (Lipinski definition) is 8. The summed E-state index contributed by atoms with van der Waals surface area (Å²) in [6.45, 7) is 1.93. The molecule has 1 amide bonds. The van der Waals surface area contributed by atoms with Gasteiger partial charge in [0.25, 0.3) is 5.91 Å². The van der Waals surface area contributed by atoms with E-state index < -0.39 is 6.04 Å². The minimum atomic E-state index is -0.717. The van der Waals surface area contributed by atoms with Gasteiger partial charge >= 0.3 is 0 Å². The largest absolute Gasteiger partial charge is 0.495 e.